The number of fused-ring (bicyclic) bond motifs is 1. The number of carboxylic acids is 1. The van der Waals surface area contributed by atoms with Crippen molar-refractivity contribution in [3.05, 3.63) is 65.9 Å². The van der Waals surface area contributed by atoms with Crippen molar-refractivity contribution in [1.29, 1.82) is 0 Å². The van der Waals surface area contributed by atoms with Crippen molar-refractivity contribution in [3.8, 4) is 5.95 Å². The largest absolute Gasteiger partial charge is 0.478 e. The molecular formula is C20H19N7O2. The minimum atomic E-state index is -1.01. The van der Waals surface area contributed by atoms with Crippen LogP contribution in [0, 0.1) is 0 Å². The number of aromatic nitrogens is 5. The zero-order valence-corrected chi connectivity index (χ0v) is 15.9. The fourth-order valence-corrected chi connectivity index (χ4v) is 3.00. The van der Waals surface area contributed by atoms with Crippen LogP contribution in [-0.2, 0) is 6.54 Å². The molecule has 0 unspecified atom stereocenters. The van der Waals surface area contributed by atoms with Gasteiger partial charge in [-0.3, -0.25) is 0 Å². The van der Waals surface area contributed by atoms with Gasteiger partial charge in [-0.25, -0.2) is 4.79 Å². The summed E-state index contributed by atoms with van der Waals surface area (Å²) in [5.74, 6) is 0.389. The Kier molecular flexibility index (Phi) is 4.78. The summed E-state index contributed by atoms with van der Waals surface area (Å²) in [6, 6.07) is 14.9. The first-order chi connectivity index (χ1) is 14.0. The normalized spacial score (nSPS) is 10.8. The van der Waals surface area contributed by atoms with Gasteiger partial charge in [0.25, 0.3) is 5.95 Å². The highest BCUT2D eigenvalue weighted by Gasteiger charge is 2.17. The average molecular weight is 389 g/mol. The molecule has 4 rings (SSSR count). The molecule has 2 aromatic heterocycles. The Bertz CT molecular complexity index is 1170. The summed E-state index contributed by atoms with van der Waals surface area (Å²) in [4.78, 5) is 17.9. The van der Waals surface area contributed by atoms with Gasteiger partial charge in [0.2, 0.25) is 0 Å². The summed E-state index contributed by atoms with van der Waals surface area (Å²) >= 11 is 0. The van der Waals surface area contributed by atoms with E-state index in [0.717, 1.165) is 5.56 Å². The van der Waals surface area contributed by atoms with E-state index in [0.29, 0.717) is 29.1 Å². The van der Waals surface area contributed by atoms with E-state index in [2.05, 4.69) is 25.6 Å². The van der Waals surface area contributed by atoms with Crippen LogP contribution < -0.4 is 10.2 Å². The van der Waals surface area contributed by atoms with E-state index in [1.54, 1.807) is 12.1 Å². The first-order valence-electron chi connectivity index (χ1n) is 8.95. The Hall–Kier alpha value is -4.01. The molecule has 0 saturated heterocycles. The Morgan fingerprint density at radius 2 is 1.90 bits per heavy atom. The second-order valence-corrected chi connectivity index (χ2v) is 6.62. The lowest BCUT2D eigenvalue weighted by atomic mass is 10.1. The predicted molar refractivity (Wildman–Crippen MR) is 110 cm³/mol. The van der Waals surface area contributed by atoms with Crippen LogP contribution in [0.3, 0.4) is 0 Å². The van der Waals surface area contributed by atoms with Crippen LogP contribution in [0.2, 0.25) is 0 Å². The summed E-state index contributed by atoms with van der Waals surface area (Å²) in [7, 11) is 3.73. The molecule has 0 bridgehead atoms. The number of anilines is 2. The summed E-state index contributed by atoms with van der Waals surface area (Å²) in [5.41, 5.74) is 1.88. The molecule has 0 atom stereocenters. The minimum Gasteiger partial charge on any atom is -0.478 e. The third kappa shape index (κ3) is 3.57. The van der Waals surface area contributed by atoms with Gasteiger partial charge in [0.05, 0.1) is 17.3 Å². The first kappa shape index (κ1) is 18.4. The summed E-state index contributed by atoms with van der Waals surface area (Å²) in [6.45, 7) is 0.572. The molecule has 0 fully saturated rings. The number of benzene rings is 2. The molecule has 0 aliphatic heterocycles. The van der Waals surface area contributed by atoms with Gasteiger partial charge < -0.3 is 15.3 Å². The number of hydrogen-bond donors (Lipinski definition) is 2. The van der Waals surface area contributed by atoms with E-state index in [4.69, 9.17) is 0 Å². The van der Waals surface area contributed by atoms with Crippen molar-refractivity contribution in [2.45, 2.75) is 6.54 Å². The number of nitrogens with one attached hydrogen (secondary N) is 1. The molecule has 0 amide bonds. The van der Waals surface area contributed by atoms with Crippen LogP contribution >= 0.6 is 0 Å². The molecule has 9 heteroatoms. The van der Waals surface area contributed by atoms with Gasteiger partial charge in [0, 0.05) is 26.0 Å². The van der Waals surface area contributed by atoms with Crippen molar-refractivity contribution in [2.24, 2.45) is 0 Å². The predicted octanol–water partition coefficient (Wildman–Crippen LogP) is 2.59. The highest BCUT2D eigenvalue weighted by atomic mass is 16.4. The van der Waals surface area contributed by atoms with Crippen LogP contribution in [0.25, 0.3) is 16.9 Å². The fourth-order valence-electron chi connectivity index (χ4n) is 3.00. The molecule has 146 valence electrons. The molecule has 0 spiro atoms. The zero-order valence-electron chi connectivity index (χ0n) is 15.9. The average Bonchev–Trinajstić information content (AvgIpc) is 3.16. The van der Waals surface area contributed by atoms with E-state index in [-0.39, 0.29) is 11.5 Å². The lowest BCUT2D eigenvalue weighted by Gasteiger charge is -2.16. The third-order valence-corrected chi connectivity index (χ3v) is 4.42. The molecule has 2 aromatic carbocycles. The van der Waals surface area contributed by atoms with E-state index < -0.39 is 5.97 Å². The summed E-state index contributed by atoms with van der Waals surface area (Å²) < 4.78 is 1.49. The highest BCUT2D eigenvalue weighted by Crippen LogP contribution is 2.23. The van der Waals surface area contributed by atoms with Crippen LogP contribution in [0.5, 0.6) is 0 Å². The van der Waals surface area contributed by atoms with Crippen LogP contribution in [0.1, 0.15) is 15.9 Å². The van der Waals surface area contributed by atoms with Crippen LogP contribution in [-0.4, -0.2) is 50.1 Å². The molecule has 0 aliphatic carbocycles. The molecule has 2 heterocycles. The molecule has 4 aromatic rings. The minimum absolute atomic E-state index is 0.175. The van der Waals surface area contributed by atoms with Crippen molar-refractivity contribution < 1.29 is 9.90 Å². The van der Waals surface area contributed by atoms with Crippen molar-refractivity contribution in [1.82, 2.24) is 25.0 Å². The van der Waals surface area contributed by atoms with Crippen LogP contribution in [0.4, 0.5) is 11.6 Å². The fraction of sp³-hybridized carbons (Fsp3) is 0.150. The lowest BCUT2D eigenvalue weighted by Crippen LogP contribution is -2.18. The maximum Gasteiger partial charge on any atom is 0.336 e. The van der Waals surface area contributed by atoms with Crippen LogP contribution in [0.15, 0.2) is 54.7 Å². The second kappa shape index (κ2) is 7.55. The zero-order chi connectivity index (χ0) is 20.4. The molecule has 29 heavy (non-hydrogen) atoms. The Labute approximate surface area is 166 Å². The van der Waals surface area contributed by atoms with Crippen molar-refractivity contribution >= 4 is 28.5 Å². The number of nitrogens with zero attached hydrogens (tertiary/aromatic N) is 6. The highest BCUT2D eigenvalue weighted by molar-refractivity contribution is 6.02. The van der Waals surface area contributed by atoms with E-state index in [1.807, 2.05) is 49.3 Å². The second-order valence-electron chi connectivity index (χ2n) is 6.62. The number of hydrogen-bond acceptors (Lipinski definition) is 7. The third-order valence-electron chi connectivity index (χ3n) is 4.42. The van der Waals surface area contributed by atoms with Gasteiger partial charge >= 0.3 is 5.97 Å². The van der Waals surface area contributed by atoms with Gasteiger partial charge in [-0.05, 0) is 17.7 Å². The summed E-state index contributed by atoms with van der Waals surface area (Å²) in [5, 5.41) is 26.0. The van der Waals surface area contributed by atoms with Crippen molar-refractivity contribution in [3.63, 3.8) is 0 Å². The van der Waals surface area contributed by atoms with Gasteiger partial charge in [0.15, 0.2) is 11.6 Å². The van der Waals surface area contributed by atoms with Crippen molar-refractivity contribution in [2.75, 3.05) is 24.3 Å². The Morgan fingerprint density at radius 3 is 2.62 bits per heavy atom. The topological polar surface area (TPSA) is 109 Å². The number of rotatable bonds is 6. The number of carbonyl (C=O) groups is 1. The maximum absolute atomic E-state index is 11.5. The Balaban J connectivity index is 1.74. The molecule has 0 saturated carbocycles. The van der Waals surface area contributed by atoms with E-state index in [1.165, 1.54) is 16.9 Å². The molecule has 2 N–H and O–H groups in total. The quantitative estimate of drug-likeness (QED) is 0.518. The number of aromatic carboxylic acids is 1. The van der Waals surface area contributed by atoms with Gasteiger partial charge in [-0.15, -0.1) is 10.2 Å². The monoisotopic (exact) mass is 389 g/mol. The molecular weight excluding hydrogens is 370 g/mol. The first-order valence-corrected chi connectivity index (χ1v) is 8.95. The standard InChI is InChI=1S/C20H19N7O2/c1-26(2)18-17(21-11-13-7-4-3-5-8-13)23-20(25-24-18)27-16-10-6-9-14(19(28)29)15(16)12-22-27/h3-10,12H,11H2,1-2H3,(H,28,29)(H,21,23,25). The molecule has 9 nitrogen and oxygen atoms in total. The SMILES string of the molecule is CN(C)c1nnc(-n2ncc3c(C(=O)O)cccc32)nc1NCc1ccccc1. The molecule has 0 aliphatic rings. The summed E-state index contributed by atoms with van der Waals surface area (Å²) in [6.07, 6.45) is 1.50. The van der Waals surface area contributed by atoms with Gasteiger partial charge in [-0.1, -0.05) is 36.4 Å². The van der Waals surface area contributed by atoms with E-state index >= 15 is 0 Å². The van der Waals surface area contributed by atoms with Gasteiger partial charge in [0.1, 0.15) is 0 Å². The Morgan fingerprint density at radius 1 is 1.10 bits per heavy atom. The lowest BCUT2D eigenvalue weighted by molar-refractivity contribution is 0.0699. The maximum atomic E-state index is 11.5. The smallest absolute Gasteiger partial charge is 0.336 e. The molecule has 0 radical (unpaired) electrons. The number of carboxylic acid groups (broad SMARTS) is 1. The van der Waals surface area contributed by atoms with E-state index in [9.17, 15) is 9.90 Å². The van der Waals surface area contributed by atoms with Gasteiger partial charge in [-0.2, -0.15) is 14.8 Å².